The third kappa shape index (κ3) is 4.59. The summed E-state index contributed by atoms with van der Waals surface area (Å²) in [6.45, 7) is 0.684. The zero-order chi connectivity index (χ0) is 20.2. The highest BCUT2D eigenvalue weighted by Crippen LogP contribution is 2.34. The molecule has 1 aliphatic heterocycles. The SMILES string of the molecule is CSCc1cc2nc(c1)OCCCOc1cc(F)ccc1-c1cc(ncc1F)N2. The molecule has 1 N–H and O–H groups in total. The van der Waals surface area contributed by atoms with Crippen LogP contribution in [0.4, 0.5) is 20.4 Å². The van der Waals surface area contributed by atoms with Crippen molar-refractivity contribution in [2.24, 2.45) is 0 Å². The lowest BCUT2D eigenvalue weighted by Crippen LogP contribution is -2.08. The van der Waals surface area contributed by atoms with Crippen LogP contribution in [0.1, 0.15) is 12.0 Å². The number of pyridine rings is 2. The molecule has 0 saturated carbocycles. The van der Waals surface area contributed by atoms with Gasteiger partial charge in [0.05, 0.1) is 19.4 Å². The van der Waals surface area contributed by atoms with E-state index in [-0.39, 0.29) is 11.3 Å². The lowest BCUT2D eigenvalue weighted by molar-refractivity contribution is 0.242. The molecule has 2 aromatic heterocycles. The fraction of sp³-hybridized carbons (Fsp3) is 0.238. The summed E-state index contributed by atoms with van der Waals surface area (Å²) >= 11 is 1.69. The summed E-state index contributed by atoms with van der Waals surface area (Å²) in [5.74, 6) is 1.57. The van der Waals surface area contributed by atoms with Gasteiger partial charge in [0.1, 0.15) is 29.0 Å². The van der Waals surface area contributed by atoms with Crippen LogP contribution in [0.25, 0.3) is 11.1 Å². The Morgan fingerprint density at radius 3 is 2.76 bits per heavy atom. The highest BCUT2D eigenvalue weighted by Gasteiger charge is 2.15. The maximum atomic E-state index is 14.6. The molecule has 0 unspecified atom stereocenters. The van der Waals surface area contributed by atoms with Crippen molar-refractivity contribution < 1.29 is 18.3 Å². The number of hydrogen-bond donors (Lipinski definition) is 1. The molecule has 4 rings (SSSR count). The number of halogens is 2. The highest BCUT2D eigenvalue weighted by atomic mass is 32.2. The van der Waals surface area contributed by atoms with E-state index in [1.807, 2.05) is 18.4 Å². The van der Waals surface area contributed by atoms with Gasteiger partial charge in [-0.2, -0.15) is 16.7 Å². The maximum Gasteiger partial charge on any atom is 0.215 e. The summed E-state index contributed by atoms with van der Waals surface area (Å²) in [5.41, 5.74) is 1.78. The topological polar surface area (TPSA) is 56.3 Å². The van der Waals surface area contributed by atoms with Gasteiger partial charge in [0.15, 0.2) is 0 Å². The largest absolute Gasteiger partial charge is 0.493 e. The molecular formula is C21H19F2N3O2S. The monoisotopic (exact) mass is 415 g/mol. The number of rotatable bonds is 2. The number of benzene rings is 1. The zero-order valence-electron chi connectivity index (χ0n) is 15.7. The molecule has 1 aliphatic rings. The lowest BCUT2D eigenvalue weighted by Gasteiger charge is -2.16. The molecule has 0 spiro atoms. The van der Waals surface area contributed by atoms with Crippen LogP contribution >= 0.6 is 11.8 Å². The fourth-order valence-corrected chi connectivity index (χ4v) is 3.55. The van der Waals surface area contributed by atoms with Crippen LogP contribution in [0.2, 0.25) is 0 Å². The van der Waals surface area contributed by atoms with E-state index in [1.165, 1.54) is 18.2 Å². The molecule has 4 bridgehead atoms. The Kier molecular flexibility index (Phi) is 5.80. The Labute approximate surface area is 171 Å². The molecule has 1 aromatic carbocycles. The third-order valence-corrected chi connectivity index (χ3v) is 4.94. The number of fused-ring (bicyclic) bond motifs is 6. The summed E-state index contributed by atoms with van der Waals surface area (Å²) in [7, 11) is 0. The minimum atomic E-state index is -0.521. The van der Waals surface area contributed by atoms with Gasteiger partial charge in [-0.1, -0.05) is 0 Å². The quantitative estimate of drug-likeness (QED) is 0.622. The minimum Gasteiger partial charge on any atom is -0.493 e. The van der Waals surface area contributed by atoms with E-state index in [0.29, 0.717) is 42.7 Å². The second kappa shape index (κ2) is 8.65. The molecule has 3 aromatic rings. The van der Waals surface area contributed by atoms with Gasteiger partial charge in [-0.15, -0.1) is 0 Å². The number of thioether (sulfide) groups is 1. The van der Waals surface area contributed by atoms with Crippen molar-refractivity contribution in [1.29, 1.82) is 0 Å². The first-order chi connectivity index (χ1) is 14.1. The van der Waals surface area contributed by atoms with Gasteiger partial charge in [0, 0.05) is 35.4 Å². The first-order valence-electron chi connectivity index (χ1n) is 9.10. The smallest absolute Gasteiger partial charge is 0.215 e. The maximum absolute atomic E-state index is 14.6. The van der Waals surface area contributed by atoms with Crippen molar-refractivity contribution in [2.45, 2.75) is 12.2 Å². The van der Waals surface area contributed by atoms with Crippen LogP contribution < -0.4 is 14.8 Å². The van der Waals surface area contributed by atoms with Crippen LogP contribution in [-0.2, 0) is 5.75 Å². The Bertz CT molecular complexity index is 1030. The van der Waals surface area contributed by atoms with Gasteiger partial charge >= 0.3 is 0 Å². The number of anilines is 2. The second-order valence-corrected chi connectivity index (χ2v) is 7.36. The van der Waals surface area contributed by atoms with Gasteiger partial charge in [-0.05, 0) is 36.1 Å². The molecule has 3 heterocycles. The van der Waals surface area contributed by atoms with E-state index < -0.39 is 11.6 Å². The van der Waals surface area contributed by atoms with Crippen molar-refractivity contribution in [2.75, 3.05) is 24.8 Å². The Balaban J connectivity index is 1.79. The van der Waals surface area contributed by atoms with Gasteiger partial charge in [-0.3, -0.25) is 0 Å². The van der Waals surface area contributed by atoms with Crippen molar-refractivity contribution >= 4 is 23.4 Å². The van der Waals surface area contributed by atoms with E-state index in [1.54, 1.807) is 17.8 Å². The minimum absolute atomic E-state index is 0.270. The molecule has 0 fully saturated rings. The van der Waals surface area contributed by atoms with Gasteiger partial charge in [0.25, 0.3) is 0 Å². The number of ether oxygens (including phenoxy) is 2. The Morgan fingerprint density at radius 1 is 1.03 bits per heavy atom. The predicted molar refractivity (Wildman–Crippen MR) is 110 cm³/mol. The third-order valence-electron chi connectivity index (χ3n) is 4.31. The highest BCUT2D eigenvalue weighted by molar-refractivity contribution is 7.97. The molecule has 0 amide bonds. The molecule has 150 valence electrons. The molecule has 0 aliphatic carbocycles. The number of hydrogen-bond acceptors (Lipinski definition) is 6. The molecule has 29 heavy (non-hydrogen) atoms. The van der Waals surface area contributed by atoms with Crippen LogP contribution in [0, 0.1) is 11.6 Å². The second-order valence-electron chi connectivity index (χ2n) is 6.50. The summed E-state index contributed by atoms with van der Waals surface area (Å²) in [6.07, 6.45) is 3.71. The molecular weight excluding hydrogens is 396 g/mol. The average Bonchev–Trinajstić information content (AvgIpc) is 2.69. The molecule has 5 nitrogen and oxygen atoms in total. The normalized spacial score (nSPS) is 13.3. The first kappa shape index (κ1) is 19.4. The van der Waals surface area contributed by atoms with Gasteiger partial charge in [-0.25, -0.2) is 13.8 Å². The summed E-state index contributed by atoms with van der Waals surface area (Å²) < 4.78 is 39.8. The van der Waals surface area contributed by atoms with Crippen molar-refractivity contribution in [3.05, 3.63) is 59.8 Å². The van der Waals surface area contributed by atoms with Crippen LogP contribution in [0.5, 0.6) is 11.6 Å². The summed E-state index contributed by atoms with van der Waals surface area (Å²) in [6, 6.07) is 9.40. The van der Waals surface area contributed by atoms with E-state index in [4.69, 9.17) is 9.47 Å². The van der Waals surface area contributed by atoms with E-state index in [0.717, 1.165) is 17.5 Å². The molecule has 0 saturated heterocycles. The van der Waals surface area contributed by atoms with Crippen LogP contribution in [-0.4, -0.2) is 29.4 Å². The van der Waals surface area contributed by atoms with E-state index in [2.05, 4.69) is 15.3 Å². The van der Waals surface area contributed by atoms with E-state index >= 15 is 0 Å². The van der Waals surface area contributed by atoms with Gasteiger partial charge < -0.3 is 14.8 Å². The van der Waals surface area contributed by atoms with Crippen molar-refractivity contribution in [1.82, 2.24) is 9.97 Å². The van der Waals surface area contributed by atoms with Crippen molar-refractivity contribution in [3.8, 4) is 22.8 Å². The number of aromatic nitrogens is 2. The molecule has 8 heteroatoms. The zero-order valence-corrected chi connectivity index (χ0v) is 16.6. The number of nitrogens with one attached hydrogen (secondary N) is 1. The van der Waals surface area contributed by atoms with Crippen LogP contribution in [0.15, 0.2) is 42.6 Å². The summed E-state index contributed by atoms with van der Waals surface area (Å²) in [4.78, 5) is 8.58. The van der Waals surface area contributed by atoms with Gasteiger partial charge in [0.2, 0.25) is 5.88 Å². The average molecular weight is 415 g/mol. The van der Waals surface area contributed by atoms with Crippen molar-refractivity contribution in [3.63, 3.8) is 0 Å². The Hall–Kier alpha value is -2.87. The standard InChI is InChI=1S/C21H19F2N3O2S/c1-29-12-13-7-20-25-19-10-16(17(23)11-24-19)15-4-3-14(22)9-18(15)27-5-2-6-28-21(8-13)26-20/h3-4,7-11H,2,5-6,12H2,1H3,(H,24,25,26). The Morgan fingerprint density at radius 2 is 1.90 bits per heavy atom. The predicted octanol–water partition coefficient (Wildman–Crippen LogP) is 5.19. The summed E-state index contributed by atoms with van der Waals surface area (Å²) in [5, 5.41) is 3.11. The fourth-order valence-electron chi connectivity index (χ4n) is 3.05. The first-order valence-corrected chi connectivity index (χ1v) is 10.5. The lowest BCUT2D eigenvalue weighted by atomic mass is 10.0. The van der Waals surface area contributed by atoms with Crippen LogP contribution in [0.3, 0.4) is 0 Å². The van der Waals surface area contributed by atoms with E-state index in [9.17, 15) is 8.78 Å². The number of nitrogens with zero attached hydrogens (tertiary/aromatic N) is 2. The molecule has 0 atom stereocenters. The molecule has 0 radical (unpaired) electrons.